The number of methoxy groups -OCH3 is 1. The minimum atomic E-state index is -0.615. The Bertz CT molecular complexity index is 680. The molecular weight excluding hydrogens is 352 g/mol. The highest BCUT2D eigenvalue weighted by Gasteiger charge is 2.31. The molecule has 0 bridgehead atoms. The Morgan fingerprint density at radius 3 is 2.44 bits per heavy atom. The molecule has 2 rings (SSSR count). The standard InChI is InChI=1S/C19H26N2O6/c1-19(2,3)27-18(24)21-11-9-13(16(22)20-21)10-12-26-15-7-5-14(6-8-15)17(23)25-4/h5-8,13H,9-12H2,1-4H3,(H,20,22). The lowest BCUT2D eigenvalue weighted by Crippen LogP contribution is -2.54. The van der Waals surface area contributed by atoms with Gasteiger partial charge in [-0.05, 0) is 57.9 Å². The van der Waals surface area contributed by atoms with Crippen molar-refractivity contribution < 1.29 is 28.6 Å². The zero-order chi connectivity index (χ0) is 20.0. The van der Waals surface area contributed by atoms with Crippen molar-refractivity contribution in [1.82, 2.24) is 10.4 Å². The summed E-state index contributed by atoms with van der Waals surface area (Å²) in [5.74, 6) is -0.265. The van der Waals surface area contributed by atoms with Crippen LogP contribution < -0.4 is 10.2 Å². The van der Waals surface area contributed by atoms with Gasteiger partial charge in [-0.1, -0.05) is 0 Å². The van der Waals surface area contributed by atoms with Gasteiger partial charge in [-0.25, -0.2) is 14.6 Å². The van der Waals surface area contributed by atoms with E-state index < -0.39 is 17.7 Å². The Morgan fingerprint density at radius 2 is 1.89 bits per heavy atom. The van der Waals surface area contributed by atoms with E-state index in [0.29, 0.717) is 37.3 Å². The van der Waals surface area contributed by atoms with Gasteiger partial charge >= 0.3 is 12.1 Å². The molecule has 148 valence electrons. The number of ether oxygens (including phenoxy) is 3. The zero-order valence-corrected chi connectivity index (χ0v) is 16.1. The molecule has 1 aliphatic rings. The van der Waals surface area contributed by atoms with E-state index in [4.69, 9.17) is 9.47 Å². The first kappa shape index (κ1) is 20.5. The fraction of sp³-hybridized carbons (Fsp3) is 0.526. The summed E-state index contributed by atoms with van der Waals surface area (Å²) in [6.07, 6.45) is 0.499. The lowest BCUT2D eigenvalue weighted by atomic mass is 9.99. The van der Waals surface area contributed by atoms with E-state index in [9.17, 15) is 14.4 Å². The first-order valence-electron chi connectivity index (χ1n) is 8.82. The molecule has 0 radical (unpaired) electrons. The Hall–Kier alpha value is -2.77. The van der Waals surface area contributed by atoms with E-state index in [1.807, 2.05) is 0 Å². The number of carbonyl (C=O) groups is 3. The lowest BCUT2D eigenvalue weighted by molar-refractivity contribution is -0.134. The minimum absolute atomic E-state index is 0.225. The molecule has 1 heterocycles. The van der Waals surface area contributed by atoms with Gasteiger partial charge in [-0.15, -0.1) is 0 Å². The molecule has 1 aromatic carbocycles. The number of rotatable bonds is 5. The topological polar surface area (TPSA) is 94.2 Å². The molecule has 8 nitrogen and oxygen atoms in total. The van der Waals surface area contributed by atoms with E-state index in [1.165, 1.54) is 12.1 Å². The summed E-state index contributed by atoms with van der Waals surface area (Å²) in [5.41, 5.74) is 2.40. The van der Waals surface area contributed by atoms with Gasteiger partial charge in [0.25, 0.3) is 0 Å². The summed E-state index contributed by atoms with van der Waals surface area (Å²) in [7, 11) is 1.33. The van der Waals surface area contributed by atoms with Crippen molar-refractivity contribution in [2.24, 2.45) is 5.92 Å². The van der Waals surface area contributed by atoms with Crippen molar-refractivity contribution in [1.29, 1.82) is 0 Å². The van der Waals surface area contributed by atoms with Gasteiger partial charge in [0.05, 0.1) is 19.3 Å². The quantitative estimate of drug-likeness (QED) is 0.792. The summed E-state index contributed by atoms with van der Waals surface area (Å²) >= 11 is 0. The predicted octanol–water partition coefficient (Wildman–Crippen LogP) is 2.53. The Morgan fingerprint density at radius 1 is 1.22 bits per heavy atom. The molecule has 1 fully saturated rings. The number of benzene rings is 1. The van der Waals surface area contributed by atoms with E-state index in [0.717, 1.165) is 0 Å². The van der Waals surface area contributed by atoms with Gasteiger partial charge in [0.15, 0.2) is 0 Å². The molecule has 0 saturated carbocycles. The number of nitrogens with one attached hydrogen (secondary N) is 1. The normalized spacial score (nSPS) is 17.1. The second-order valence-corrected chi connectivity index (χ2v) is 7.25. The third-order valence-electron chi connectivity index (χ3n) is 3.94. The average Bonchev–Trinajstić information content (AvgIpc) is 2.61. The van der Waals surface area contributed by atoms with Crippen molar-refractivity contribution in [2.75, 3.05) is 20.3 Å². The number of hydrazine groups is 1. The van der Waals surface area contributed by atoms with Crippen LogP contribution in [0.25, 0.3) is 0 Å². The predicted molar refractivity (Wildman–Crippen MR) is 97.1 cm³/mol. The van der Waals surface area contributed by atoms with Crippen molar-refractivity contribution in [3.05, 3.63) is 29.8 Å². The number of nitrogens with zero attached hydrogens (tertiary/aromatic N) is 1. The minimum Gasteiger partial charge on any atom is -0.494 e. The molecule has 2 amide bonds. The van der Waals surface area contributed by atoms with Crippen LogP contribution in [0.2, 0.25) is 0 Å². The Balaban J connectivity index is 1.77. The smallest absolute Gasteiger partial charge is 0.429 e. The van der Waals surface area contributed by atoms with Crippen LogP contribution in [0.5, 0.6) is 5.75 Å². The Labute approximate surface area is 158 Å². The van der Waals surface area contributed by atoms with E-state index in [1.54, 1.807) is 45.0 Å². The fourth-order valence-corrected chi connectivity index (χ4v) is 2.55. The molecule has 1 unspecified atom stereocenters. The molecule has 1 saturated heterocycles. The van der Waals surface area contributed by atoms with E-state index >= 15 is 0 Å². The molecule has 27 heavy (non-hydrogen) atoms. The fourth-order valence-electron chi connectivity index (χ4n) is 2.55. The monoisotopic (exact) mass is 378 g/mol. The van der Waals surface area contributed by atoms with Crippen LogP contribution in [0.4, 0.5) is 4.79 Å². The van der Waals surface area contributed by atoms with Crippen molar-refractivity contribution >= 4 is 18.0 Å². The van der Waals surface area contributed by atoms with Gasteiger partial charge in [0.1, 0.15) is 11.4 Å². The summed E-state index contributed by atoms with van der Waals surface area (Å²) in [4.78, 5) is 35.6. The third kappa shape index (κ3) is 6.16. The summed E-state index contributed by atoms with van der Waals surface area (Å²) < 4.78 is 15.5. The van der Waals surface area contributed by atoms with Crippen LogP contribution in [0.3, 0.4) is 0 Å². The molecule has 1 atom stereocenters. The van der Waals surface area contributed by atoms with E-state index in [2.05, 4.69) is 10.2 Å². The van der Waals surface area contributed by atoms with Crippen molar-refractivity contribution in [3.8, 4) is 5.75 Å². The SMILES string of the molecule is COC(=O)c1ccc(OCCC2CCN(C(=O)OC(C)(C)C)NC2=O)cc1. The molecule has 1 N–H and O–H groups in total. The maximum absolute atomic E-state index is 12.2. The Kier molecular flexibility index (Phi) is 6.65. The molecule has 0 spiro atoms. The van der Waals surface area contributed by atoms with Gasteiger partial charge in [-0.3, -0.25) is 10.2 Å². The second-order valence-electron chi connectivity index (χ2n) is 7.25. The highest BCUT2D eigenvalue weighted by molar-refractivity contribution is 5.89. The molecule has 0 aromatic heterocycles. The first-order chi connectivity index (χ1) is 12.7. The van der Waals surface area contributed by atoms with Gasteiger partial charge in [0.2, 0.25) is 5.91 Å². The maximum Gasteiger partial charge on any atom is 0.429 e. The van der Waals surface area contributed by atoms with Crippen LogP contribution in [0, 0.1) is 5.92 Å². The van der Waals surface area contributed by atoms with E-state index in [-0.39, 0.29) is 11.8 Å². The highest BCUT2D eigenvalue weighted by Crippen LogP contribution is 2.19. The summed E-state index contributed by atoms with van der Waals surface area (Å²) in [5, 5.41) is 1.20. The maximum atomic E-state index is 12.2. The van der Waals surface area contributed by atoms with Crippen LogP contribution in [-0.4, -0.2) is 48.8 Å². The molecule has 1 aliphatic heterocycles. The number of carbonyl (C=O) groups excluding carboxylic acids is 3. The summed E-state index contributed by atoms with van der Waals surface area (Å²) in [6.45, 7) is 6.05. The number of hydrogen-bond donors (Lipinski definition) is 1. The number of esters is 1. The van der Waals surface area contributed by atoms with Crippen molar-refractivity contribution in [3.63, 3.8) is 0 Å². The summed E-state index contributed by atoms with van der Waals surface area (Å²) in [6, 6.07) is 6.59. The van der Waals surface area contributed by atoms with Crippen LogP contribution in [-0.2, 0) is 14.3 Å². The molecule has 8 heteroatoms. The average molecular weight is 378 g/mol. The first-order valence-corrected chi connectivity index (χ1v) is 8.82. The van der Waals surface area contributed by atoms with Crippen LogP contribution in [0.15, 0.2) is 24.3 Å². The number of amides is 2. The van der Waals surface area contributed by atoms with Crippen LogP contribution in [0.1, 0.15) is 44.0 Å². The van der Waals surface area contributed by atoms with Gasteiger partial charge in [0, 0.05) is 12.5 Å². The third-order valence-corrected chi connectivity index (χ3v) is 3.94. The molecule has 1 aromatic rings. The number of hydrogen-bond acceptors (Lipinski definition) is 6. The van der Waals surface area contributed by atoms with Crippen LogP contribution >= 0.6 is 0 Å². The zero-order valence-electron chi connectivity index (χ0n) is 16.1. The molecule has 0 aliphatic carbocycles. The largest absolute Gasteiger partial charge is 0.494 e. The van der Waals surface area contributed by atoms with Gasteiger partial charge < -0.3 is 14.2 Å². The van der Waals surface area contributed by atoms with Crippen molar-refractivity contribution in [2.45, 2.75) is 39.2 Å². The second kappa shape index (κ2) is 8.75. The highest BCUT2D eigenvalue weighted by atomic mass is 16.6. The molecular formula is C19H26N2O6. The van der Waals surface area contributed by atoms with Gasteiger partial charge in [-0.2, -0.15) is 0 Å². The lowest BCUT2D eigenvalue weighted by Gasteiger charge is -2.33.